The fraction of sp³-hybridized carbons (Fsp3) is 0.263. The van der Waals surface area contributed by atoms with Crippen LogP contribution in [0.25, 0.3) is 0 Å². The first-order valence-corrected chi connectivity index (χ1v) is 7.86. The Bertz CT molecular complexity index is 733. The van der Waals surface area contributed by atoms with Crippen molar-refractivity contribution in [1.82, 2.24) is 4.90 Å². The van der Waals surface area contributed by atoms with Crippen molar-refractivity contribution in [3.63, 3.8) is 0 Å². The topological polar surface area (TPSA) is 66.8 Å². The number of carboxylic acid groups (broad SMARTS) is 1. The Morgan fingerprint density at radius 1 is 1.04 bits per heavy atom. The van der Waals surface area contributed by atoms with Crippen molar-refractivity contribution in [1.29, 1.82) is 0 Å². The smallest absolute Gasteiger partial charge is 0.335 e. The molecule has 0 saturated heterocycles. The van der Waals surface area contributed by atoms with Crippen molar-refractivity contribution in [2.75, 3.05) is 7.11 Å². The van der Waals surface area contributed by atoms with Crippen LogP contribution in [0.4, 0.5) is 0 Å². The van der Waals surface area contributed by atoms with E-state index in [0.29, 0.717) is 12.1 Å². The van der Waals surface area contributed by atoms with Gasteiger partial charge in [0.05, 0.1) is 12.7 Å². The van der Waals surface area contributed by atoms with E-state index in [-0.39, 0.29) is 17.5 Å². The predicted molar refractivity (Wildman–Crippen MR) is 89.3 cm³/mol. The van der Waals surface area contributed by atoms with E-state index >= 15 is 0 Å². The lowest BCUT2D eigenvalue weighted by Crippen LogP contribution is -2.32. The van der Waals surface area contributed by atoms with Crippen LogP contribution >= 0.6 is 0 Å². The summed E-state index contributed by atoms with van der Waals surface area (Å²) in [4.78, 5) is 25.6. The number of amides is 1. The van der Waals surface area contributed by atoms with E-state index in [1.54, 1.807) is 19.2 Å². The highest BCUT2D eigenvalue weighted by Gasteiger charge is 2.33. The fourth-order valence-corrected chi connectivity index (χ4v) is 2.60. The summed E-state index contributed by atoms with van der Waals surface area (Å²) in [5.74, 6) is -0.274. The lowest BCUT2D eigenvalue weighted by molar-refractivity contribution is 0.0692. The lowest BCUT2D eigenvalue weighted by atomic mass is 10.1. The summed E-state index contributed by atoms with van der Waals surface area (Å²) in [5.41, 5.74) is 1.73. The Morgan fingerprint density at radius 3 is 2.12 bits per heavy atom. The van der Waals surface area contributed by atoms with Crippen LogP contribution in [0, 0.1) is 0 Å². The molecule has 124 valence electrons. The van der Waals surface area contributed by atoms with Crippen molar-refractivity contribution >= 4 is 11.9 Å². The molecule has 0 unspecified atom stereocenters. The van der Waals surface area contributed by atoms with Crippen LogP contribution < -0.4 is 4.74 Å². The molecule has 2 aromatic rings. The molecule has 0 heterocycles. The van der Waals surface area contributed by atoms with Crippen LogP contribution in [0.15, 0.2) is 48.5 Å². The van der Waals surface area contributed by atoms with Crippen LogP contribution in [0.2, 0.25) is 0 Å². The SMILES string of the molecule is COc1ccc(CN(C(=O)c2ccc(C(=O)O)cc2)C2CC2)cc1. The van der Waals surface area contributed by atoms with Gasteiger partial charge in [0.1, 0.15) is 5.75 Å². The van der Waals surface area contributed by atoms with Crippen LogP contribution in [0.1, 0.15) is 39.1 Å². The number of benzene rings is 2. The van der Waals surface area contributed by atoms with Gasteiger partial charge in [0.25, 0.3) is 5.91 Å². The minimum atomic E-state index is -0.994. The third-order valence-corrected chi connectivity index (χ3v) is 4.14. The van der Waals surface area contributed by atoms with Crippen LogP contribution in [-0.4, -0.2) is 35.0 Å². The third kappa shape index (κ3) is 3.56. The van der Waals surface area contributed by atoms with Gasteiger partial charge in [0.2, 0.25) is 0 Å². The molecular weight excluding hydrogens is 306 g/mol. The summed E-state index contributed by atoms with van der Waals surface area (Å²) in [7, 11) is 1.62. The fourth-order valence-electron chi connectivity index (χ4n) is 2.60. The van der Waals surface area contributed by atoms with Gasteiger partial charge in [-0.3, -0.25) is 4.79 Å². The summed E-state index contributed by atoms with van der Waals surface area (Å²) in [5, 5.41) is 8.95. The summed E-state index contributed by atoms with van der Waals surface area (Å²) >= 11 is 0. The summed E-state index contributed by atoms with van der Waals surface area (Å²) in [6, 6.07) is 14.0. The van der Waals surface area contributed by atoms with Gasteiger partial charge < -0.3 is 14.7 Å². The second kappa shape index (κ2) is 6.74. The van der Waals surface area contributed by atoms with E-state index in [1.165, 1.54) is 12.1 Å². The molecule has 0 radical (unpaired) electrons. The van der Waals surface area contributed by atoms with Gasteiger partial charge in [-0.05, 0) is 54.8 Å². The Labute approximate surface area is 140 Å². The molecule has 0 aliphatic heterocycles. The molecule has 5 heteroatoms. The molecule has 2 aromatic carbocycles. The van der Waals surface area contributed by atoms with Gasteiger partial charge in [-0.1, -0.05) is 12.1 Å². The molecule has 3 rings (SSSR count). The monoisotopic (exact) mass is 325 g/mol. The van der Waals surface area contributed by atoms with Crippen LogP contribution in [0.3, 0.4) is 0 Å². The number of carbonyl (C=O) groups excluding carboxylic acids is 1. The normalized spacial score (nSPS) is 13.4. The van der Waals surface area contributed by atoms with Crippen LogP contribution in [0.5, 0.6) is 5.75 Å². The molecule has 24 heavy (non-hydrogen) atoms. The first-order valence-electron chi connectivity index (χ1n) is 7.86. The van der Waals surface area contributed by atoms with Crippen molar-refractivity contribution in [3.8, 4) is 5.75 Å². The molecule has 1 aliphatic carbocycles. The van der Waals surface area contributed by atoms with E-state index in [2.05, 4.69) is 0 Å². The minimum absolute atomic E-state index is 0.0646. The van der Waals surface area contributed by atoms with Crippen molar-refractivity contribution in [2.24, 2.45) is 0 Å². The molecule has 1 amide bonds. The minimum Gasteiger partial charge on any atom is -0.497 e. The number of hydrogen-bond donors (Lipinski definition) is 1. The quantitative estimate of drug-likeness (QED) is 0.885. The summed E-state index contributed by atoms with van der Waals surface area (Å²) < 4.78 is 5.15. The highest BCUT2D eigenvalue weighted by atomic mass is 16.5. The Hall–Kier alpha value is -2.82. The molecule has 5 nitrogen and oxygen atoms in total. The van der Waals surface area contributed by atoms with Gasteiger partial charge in [0.15, 0.2) is 0 Å². The van der Waals surface area contributed by atoms with E-state index < -0.39 is 5.97 Å². The zero-order valence-electron chi connectivity index (χ0n) is 13.4. The average Bonchev–Trinajstić information content (AvgIpc) is 3.44. The highest BCUT2D eigenvalue weighted by Crippen LogP contribution is 2.30. The van der Waals surface area contributed by atoms with Gasteiger partial charge in [-0.15, -0.1) is 0 Å². The predicted octanol–water partition coefficient (Wildman–Crippen LogP) is 3.20. The van der Waals surface area contributed by atoms with E-state index in [1.807, 2.05) is 29.2 Å². The van der Waals surface area contributed by atoms with Crippen LogP contribution in [-0.2, 0) is 6.54 Å². The zero-order chi connectivity index (χ0) is 17.1. The number of methoxy groups -OCH3 is 1. The second-order valence-corrected chi connectivity index (χ2v) is 5.89. The number of carboxylic acids is 1. The van der Waals surface area contributed by atoms with Gasteiger partial charge in [-0.25, -0.2) is 4.79 Å². The lowest BCUT2D eigenvalue weighted by Gasteiger charge is -2.23. The van der Waals surface area contributed by atoms with E-state index in [4.69, 9.17) is 9.84 Å². The molecule has 0 spiro atoms. The molecule has 1 fully saturated rings. The summed E-state index contributed by atoms with van der Waals surface area (Å²) in [6.45, 7) is 0.536. The maximum Gasteiger partial charge on any atom is 0.335 e. The Kier molecular flexibility index (Phi) is 4.51. The molecule has 1 saturated carbocycles. The van der Waals surface area contributed by atoms with Gasteiger partial charge in [0, 0.05) is 18.2 Å². The maximum atomic E-state index is 12.8. The van der Waals surface area contributed by atoms with Gasteiger partial charge in [-0.2, -0.15) is 0 Å². The molecule has 1 N–H and O–H groups in total. The number of ether oxygens (including phenoxy) is 1. The highest BCUT2D eigenvalue weighted by molar-refractivity contribution is 5.96. The molecule has 0 atom stereocenters. The van der Waals surface area contributed by atoms with E-state index in [9.17, 15) is 9.59 Å². The number of carbonyl (C=O) groups is 2. The molecule has 1 aliphatic rings. The van der Waals surface area contributed by atoms with Crippen molar-refractivity contribution in [3.05, 3.63) is 65.2 Å². The number of aromatic carboxylic acids is 1. The van der Waals surface area contributed by atoms with Crippen molar-refractivity contribution < 1.29 is 19.4 Å². The standard InChI is InChI=1S/C19H19NO4/c1-24-17-10-2-13(3-11-17)12-20(16-8-9-16)18(21)14-4-6-15(7-5-14)19(22)23/h2-7,10-11,16H,8-9,12H2,1H3,(H,22,23). The average molecular weight is 325 g/mol. The Balaban J connectivity index is 1.77. The molecular formula is C19H19NO4. The zero-order valence-corrected chi connectivity index (χ0v) is 13.4. The first-order chi connectivity index (χ1) is 11.6. The van der Waals surface area contributed by atoms with E-state index in [0.717, 1.165) is 24.2 Å². The van der Waals surface area contributed by atoms with Crippen molar-refractivity contribution in [2.45, 2.75) is 25.4 Å². The van der Waals surface area contributed by atoms with Gasteiger partial charge >= 0.3 is 5.97 Å². The first kappa shape index (κ1) is 16.1. The number of hydrogen-bond acceptors (Lipinski definition) is 3. The largest absolute Gasteiger partial charge is 0.497 e. The molecule has 0 aromatic heterocycles. The summed E-state index contributed by atoms with van der Waals surface area (Å²) in [6.07, 6.45) is 2.02. The second-order valence-electron chi connectivity index (χ2n) is 5.89. The molecule has 0 bridgehead atoms. The number of rotatable bonds is 6. The maximum absolute atomic E-state index is 12.8. The third-order valence-electron chi connectivity index (χ3n) is 4.14. The number of nitrogens with zero attached hydrogens (tertiary/aromatic N) is 1. The Morgan fingerprint density at radius 2 is 1.62 bits per heavy atom.